The number of carbonyl (C=O) groups is 2. The van der Waals surface area contributed by atoms with Gasteiger partial charge in [0.1, 0.15) is 5.75 Å². The predicted molar refractivity (Wildman–Crippen MR) is 123 cm³/mol. The van der Waals surface area contributed by atoms with E-state index >= 15 is 0 Å². The first-order valence-corrected chi connectivity index (χ1v) is 13.2. The van der Waals surface area contributed by atoms with Crippen LogP contribution in [0.4, 0.5) is 0 Å². The maximum atomic E-state index is 13.5. The number of carbonyl (C=O) groups excluding carboxylic acids is 2. The molecule has 32 heavy (non-hydrogen) atoms. The minimum Gasteiger partial charge on any atom is -0.497 e. The average Bonchev–Trinajstić information content (AvgIpc) is 3.12. The molecule has 0 spiro atoms. The van der Waals surface area contributed by atoms with Crippen molar-refractivity contribution in [3.05, 3.63) is 29.8 Å². The first-order valence-electron chi connectivity index (χ1n) is 11.3. The predicted octanol–water partition coefficient (Wildman–Crippen LogP) is 2.27. The topological polar surface area (TPSA) is 87.2 Å². The lowest BCUT2D eigenvalue weighted by atomic mass is 9.91. The highest BCUT2D eigenvalue weighted by molar-refractivity contribution is 7.88. The molecule has 2 aliphatic rings. The van der Waals surface area contributed by atoms with Gasteiger partial charge in [0.2, 0.25) is 21.8 Å². The smallest absolute Gasteiger partial charge is 0.228 e. The monoisotopic (exact) mass is 465 g/mol. The van der Waals surface area contributed by atoms with Gasteiger partial charge in [-0.15, -0.1) is 0 Å². The van der Waals surface area contributed by atoms with Gasteiger partial charge in [-0.05, 0) is 37.0 Å². The summed E-state index contributed by atoms with van der Waals surface area (Å²) in [5.41, 5.74) is 0.942. The van der Waals surface area contributed by atoms with Gasteiger partial charge in [0.05, 0.1) is 25.3 Å². The number of rotatable bonds is 8. The van der Waals surface area contributed by atoms with Crippen LogP contribution in [-0.4, -0.2) is 80.4 Å². The van der Waals surface area contributed by atoms with Crippen molar-refractivity contribution in [2.24, 2.45) is 5.92 Å². The SMILES string of the molecule is CCCCN1C(=O)CC(C(=O)N2CCC(N(C)S(C)(=O)=O)CC2)C1c1ccc(OC)cc1. The summed E-state index contributed by atoms with van der Waals surface area (Å²) in [7, 11) is -0.0560. The van der Waals surface area contributed by atoms with Crippen molar-refractivity contribution >= 4 is 21.8 Å². The van der Waals surface area contributed by atoms with Crippen LogP contribution in [0.25, 0.3) is 0 Å². The third kappa shape index (κ3) is 5.26. The highest BCUT2D eigenvalue weighted by atomic mass is 32.2. The molecule has 2 fully saturated rings. The lowest BCUT2D eigenvalue weighted by molar-refractivity contribution is -0.138. The van der Waals surface area contributed by atoms with Crippen LogP contribution in [0.3, 0.4) is 0 Å². The molecule has 1 aromatic rings. The summed E-state index contributed by atoms with van der Waals surface area (Å²) in [4.78, 5) is 30.1. The van der Waals surface area contributed by atoms with Crippen molar-refractivity contribution in [3.63, 3.8) is 0 Å². The molecule has 178 valence electrons. The molecule has 2 atom stereocenters. The minimum atomic E-state index is -3.26. The summed E-state index contributed by atoms with van der Waals surface area (Å²) >= 11 is 0. The van der Waals surface area contributed by atoms with Crippen molar-refractivity contribution < 1.29 is 22.7 Å². The molecular weight excluding hydrogens is 430 g/mol. The molecule has 1 aromatic carbocycles. The van der Waals surface area contributed by atoms with Crippen LogP contribution < -0.4 is 4.74 Å². The summed E-state index contributed by atoms with van der Waals surface area (Å²) in [6.07, 6.45) is 4.48. The number of nitrogens with zero attached hydrogens (tertiary/aromatic N) is 3. The van der Waals surface area contributed by atoms with Crippen molar-refractivity contribution in [2.45, 2.75) is 51.1 Å². The Morgan fingerprint density at radius 2 is 1.81 bits per heavy atom. The van der Waals surface area contributed by atoms with Crippen LogP contribution in [0.15, 0.2) is 24.3 Å². The molecule has 2 unspecified atom stereocenters. The number of methoxy groups -OCH3 is 1. The number of hydrogen-bond donors (Lipinski definition) is 0. The van der Waals surface area contributed by atoms with Gasteiger partial charge in [-0.25, -0.2) is 12.7 Å². The third-order valence-corrected chi connectivity index (χ3v) is 8.12. The van der Waals surface area contributed by atoms with Gasteiger partial charge in [0.25, 0.3) is 0 Å². The number of ether oxygens (including phenoxy) is 1. The molecule has 2 saturated heterocycles. The number of hydrogen-bond acceptors (Lipinski definition) is 5. The molecular formula is C23H35N3O5S. The first-order chi connectivity index (χ1) is 15.2. The number of unbranched alkanes of at least 4 members (excludes halogenated alkanes) is 1. The fourth-order valence-corrected chi connectivity index (χ4v) is 5.52. The molecule has 0 aromatic heterocycles. The molecule has 2 amide bonds. The van der Waals surface area contributed by atoms with Gasteiger partial charge in [0, 0.05) is 39.1 Å². The molecule has 0 bridgehead atoms. The van der Waals surface area contributed by atoms with Crippen molar-refractivity contribution in [1.82, 2.24) is 14.1 Å². The first kappa shape index (κ1) is 24.5. The van der Waals surface area contributed by atoms with Gasteiger partial charge >= 0.3 is 0 Å². The van der Waals surface area contributed by atoms with Crippen LogP contribution >= 0.6 is 0 Å². The second-order valence-electron chi connectivity index (χ2n) is 8.80. The highest BCUT2D eigenvalue weighted by Crippen LogP contribution is 2.40. The summed E-state index contributed by atoms with van der Waals surface area (Å²) in [5.74, 6) is 0.304. The zero-order chi connectivity index (χ0) is 23.5. The lowest BCUT2D eigenvalue weighted by Crippen LogP contribution is -2.49. The van der Waals surface area contributed by atoms with E-state index in [0.717, 1.165) is 24.2 Å². The summed E-state index contributed by atoms with van der Waals surface area (Å²) < 4.78 is 30.4. The molecule has 0 saturated carbocycles. The maximum Gasteiger partial charge on any atom is 0.228 e. The van der Waals surface area contributed by atoms with Gasteiger partial charge < -0.3 is 14.5 Å². The molecule has 0 aliphatic carbocycles. The Hall–Kier alpha value is -2.13. The Morgan fingerprint density at radius 3 is 2.34 bits per heavy atom. The van der Waals surface area contributed by atoms with Crippen LogP contribution in [0, 0.1) is 5.92 Å². The Kier molecular flexibility index (Phi) is 7.82. The van der Waals surface area contributed by atoms with Crippen molar-refractivity contribution in [3.8, 4) is 5.75 Å². The number of amides is 2. The van der Waals surface area contributed by atoms with Gasteiger partial charge in [-0.3, -0.25) is 9.59 Å². The average molecular weight is 466 g/mol. The molecule has 8 nitrogen and oxygen atoms in total. The second kappa shape index (κ2) is 10.2. The van der Waals surface area contributed by atoms with Gasteiger partial charge in [-0.2, -0.15) is 0 Å². The van der Waals surface area contributed by atoms with Crippen LogP contribution in [-0.2, 0) is 19.6 Å². The molecule has 2 aliphatic heterocycles. The molecule has 0 radical (unpaired) electrons. The van der Waals surface area contributed by atoms with Crippen LogP contribution in [0.1, 0.15) is 50.6 Å². The van der Waals surface area contributed by atoms with E-state index in [0.29, 0.717) is 32.5 Å². The van der Waals surface area contributed by atoms with E-state index in [2.05, 4.69) is 6.92 Å². The van der Waals surface area contributed by atoms with Gasteiger partial charge in [0.15, 0.2) is 0 Å². The Balaban J connectivity index is 1.78. The Bertz CT molecular complexity index is 910. The number of benzene rings is 1. The largest absolute Gasteiger partial charge is 0.497 e. The van der Waals surface area contributed by atoms with E-state index in [1.807, 2.05) is 34.1 Å². The van der Waals surface area contributed by atoms with Crippen LogP contribution in [0.5, 0.6) is 5.75 Å². The number of likely N-dealkylation sites (tertiary alicyclic amines) is 2. The van der Waals surface area contributed by atoms with Crippen molar-refractivity contribution in [1.29, 1.82) is 0 Å². The van der Waals surface area contributed by atoms with Crippen molar-refractivity contribution in [2.75, 3.05) is 40.0 Å². The minimum absolute atomic E-state index is 0.0152. The zero-order valence-electron chi connectivity index (χ0n) is 19.5. The van der Waals surface area contributed by atoms with E-state index in [1.54, 1.807) is 14.2 Å². The molecule has 9 heteroatoms. The van der Waals surface area contributed by atoms with E-state index in [1.165, 1.54) is 10.6 Å². The van der Waals surface area contributed by atoms with E-state index in [9.17, 15) is 18.0 Å². The Labute approximate surface area is 191 Å². The molecule has 2 heterocycles. The third-order valence-electron chi connectivity index (χ3n) is 6.77. The zero-order valence-corrected chi connectivity index (χ0v) is 20.3. The Morgan fingerprint density at radius 1 is 1.19 bits per heavy atom. The van der Waals surface area contributed by atoms with E-state index in [4.69, 9.17) is 4.74 Å². The molecule has 3 rings (SSSR count). The maximum absolute atomic E-state index is 13.5. The summed E-state index contributed by atoms with van der Waals surface area (Å²) in [6, 6.07) is 7.22. The second-order valence-corrected chi connectivity index (χ2v) is 10.8. The summed E-state index contributed by atoms with van der Waals surface area (Å²) in [6.45, 7) is 3.72. The lowest BCUT2D eigenvalue weighted by Gasteiger charge is -2.38. The molecule has 0 N–H and O–H groups in total. The number of sulfonamides is 1. The van der Waals surface area contributed by atoms with E-state index in [-0.39, 0.29) is 30.3 Å². The van der Waals surface area contributed by atoms with Crippen LogP contribution in [0.2, 0.25) is 0 Å². The fourth-order valence-electron chi connectivity index (χ4n) is 4.77. The fraction of sp³-hybridized carbons (Fsp3) is 0.652. The summed E-state index contributed by atoms with van der Waals surface area (Å²) in [5, 5.41) is 0. The standard InChI is InChI=1S/C23H35N3O5S/c1-5-6-13-26-21(27)16-20(22(26)17-7-9-19(31-3)10-8-17)23(28)25-14-11-18(12-15-25)24(2)32(4,29)30/h7-10,18,20,22H,5-6,11-16H2,1-4H3. The normalized spacial score (nSPS) is 22.6. The van der Waals surface area contributed by atoms with E-state index < -0.39 is 15.9 Å². The highest BCUT2D eigenvalue weighted by Gasteiger charge is 2.46. The van der Waals surface area contributed by atoms with Gasteiger partial charge in [-0.1, -0.05) is 25.5 Å². The number of piperidine rings is 1. The quantitative estimate of drug-likeness (QED) is 0.588.